The number of rotatable bonds is 6. The Morgan fingerprint density at radius 3 is 2.33 bits per heavy atom. The van der Waals surface area contributed by atoms with Gasteiger partial charge in [0.25, 0.3) is 0 Å². The molecule has 1 aliphatic heterocycles. The van der Waals surface area contributed by atoms with E-state index in [2.05, 4.69) is 85.8 Å². The van der Waals surface area contributed by atoms with Crippen LogP contribution in [0.1, 0.15) is 62.3 Å². The van der Waals surface area contributed by atoms with Crippen molar-refractivity contribution in [3.05, 3.63) is 77.5 Å². The molecule has 2 aromatic rings. The van der Waals surface area contributed by atoms with E-state index in [0.717, 1.165) is 0 Å². The first-order valence-corrected chi connectivity index (χ1v) is 9.10. The Labute approximate surface area is 146 Å². The summed E-state index contributed by atoms with van der Waals surface area (Å²) in [5, 5.41) is 2.23. The van der Waals surface area contributed by atoms with Crippen LogP contribution >= 0.6 is 0 Å². The number of aryl methyl sites for hydroxylation is 1. The Balaban J connectivity index is 1.76. The molecule has 2 heteroatoms. The van der Waals surface area contributed by atoms with Gasteiger partial charge in [-0.2, -0.15) is 0 Å². The van der Waals surface area contributed by atoms with E-state index in [4.69, 9.17) is 0 Å². The van der Waals surface area contributed by atoms with Gasteiger partial charge in [0.1, 0.15) is 0 Å². The molecule has 0 saturated heterocycles. The van der Waals surface area contributed by atoms with E-state index in [1.807, 2.05) is 6.20 Å². The van der Waals surface area contributed by atoms with Crippen LogP contribution in [-0.4, -0.2) is 0 Å². The number of nitrogens with zero attached hydrogens (tertiary/aromatic N) is 1. The molecule has 1 N–H and O–H groups in total. The molecule has 0 aliphatic carbocycles. The molecule has 0 radical (unpaired) electrons. The zero-order chi connectivity index (χ0) is 16.9. The van der Waals surface area contributed by atoms with Gasteiger partial charge in [0.2, 0.25) is 0 Å². The average molecular weight is 320 g/mol. The van der Waals surface area contributed by atoms with E-state index in [1.54, 1.807) is 0 Å². The summed E-state index contributed by atoms with van der Waals surface area (Å²) in [5.41, 5.74) is 8.71. The van der Waals surface area contributed by atoms with Crippen molar-refractivity contribution in [3.63, 3.8) is 0 Å². The Hall–Kier alpha value is -2.22. The highest BCUT2D eigenvalue weighted by atomic mass is 15.5. The van der Waals surface area contributed by atoms with Crippen molar-refractivity contribution < 1.29 is 0 Å². The molecule has 126 valence electrons. The van der Waals surface area contributed by atoms with Gasteiger partial charge in [0.15, 0.2) is 0 Å². The summed E-state index contributed by atoms with van der Waals surface area (Å²) in [6.07, 6.45) is 7.92. The number of hydrazine groups is 1. The van der Waals surface area contributed by atoms with Gasteiger partial charge in [-0.3, -0.25) is 5.01 Å². The molecule has 0 aromatic heterocycles. The third kappa shape index (κ3) is 3.64. The molecule has 1 atom stereocenters. The minimum absolute atomic E-state index is 0.243. The van der Waals surface area contributed by atoms with Gasteiger partial charge in [-0.15, -0.1) is 0 Å². The molecule has 1 heterocycles. The minimum Gasteiger partial charge on any atom is -0.305 e. The zero-order valence-electron chi connectivity index (χ0n) is 15.0. The third-order valence-electron chi connectivity index (χ3n) is 4.75. The fraction of sp³-hybridized carbons (Fsp3) is 0.364. The first-order chi connectivity index (χ1) is 11.7. The summed E-state index contributed by atoms with van der Waals surface area (Å²) < 4.78 is 0. The number of hydrogen-bond acceptors (Lipinski definition) is 2. The molecule has 0 fully saturated rings. The lowest BCUT2D eigenvalue weighted by Gasteiger charge is -2.27. The molecule has 0 spiro atoms. The van der Waals surface area contributed by atoms with E-state index >= 15 is 0 Å². The van der Waals surface area contributed by atoms with E-state index < -0.39 is 0 Å². The maximum Gasteiger partial charge on any atom is 0.0952 e. The topological polar surface area (TPSA) is 15.3 Å². The highest BCUT2D eigenvalue weighted by Gasteiger charge is 2.22. The molecular weight excluding hydrogens is 292 g/mol. The summed E-state index contributed by atoms with van der Waals surface area (Å²) >= 11 is 0. The average Bonchev–Trinajstić information content (AvgIpc) is 3.10. The maximum absolute atomic E-state index is 3.37. The number of unbranched alkanes of at least 4 members (excludes halogenated alkanes) is 1. The largest absolute Gasteiger partial charge is 0.305 e. The van der Waals surface area contributed by atoms with Crippen molar-refractivity contribution in [2.45, 2.75) is 52.0 Å². The molecule has 24 heavy (non-hydrogen) atoms. The van der Waals surface area contributed by atoms with Crippen molar-refractivity contribution in [2.24, 2.45) is 0 Å². The SMILES string of the molecule is CCCCc1ccc(N2NC=CC2c2ccc(C(C)C)cc2)cc1. The van der Waals surface area contributed by atoms with E-state index in [0.29, 0.717) is 5.92 Å². The summed E-state index contributed by atoms with van der Waals surface area (Å²) in [6.45, 7) is 6.71. The second-order valence-corrected chi connectivity index (χ2v) is 6.89. The lowest BCUT2D eigenvalue weighted by Crippen LogP contribution is -2.32. The van der Waals surface area contributed by atoms with Crippen molar-refractivity contribution in [3.8, 4) is 0 Å². The molecule has 3 rings (SSSR count). The van der Waals surface area contributed by atoms with Crippen LogP contribution in [0.4, 0.5) is 5.69 Å². The summed E-state index contributed by atoms with van der Waals surface area (Å²) in [5.74, 6) is 0.572. The Morgan fingerprint density at radius 2 is 1.71 bits per heavy atom. The second kappa shape index (κ2) is 7.57. The van der Waals surface area contributed by atoms with Crippen LogP contribution in [0.3, 0.4) is 0 Å². The molecule has 2 aromatic carbocycles. The molecule has 0 bridgehead atoms. The third-order valence-corrected chi connectivity index (χ3v) is 4.75. The van der Waals surface area contributed by atoms with Gasteiger partial charge >= 0.3 is 0 Å². The smallest absolute Gasteiger partial charge is 0.0952 e. The maximum atomic E-state index is 3.37. The van der Waals surface area contributed by atoms with Gasteiger partial charge in [-0.05, 0) is 53.7 Å². The van der Waals surface area contributed by atoms with Crippen LogP contribution in [0, 0.1) is 0 Å². The predicted octanol–water partition coefficient (Wildman–Crippen LogP) is 5.73. The summed E-state index contributed by atoms with van der Waals surface area (Å²) in [6, 6.07) is 18.2. The molecule has 0 saturated carbocycles. The van der Waals surface area contributed by atoms with Crippen LogP contribution in [-0.2, 0) is 6.42 Å². The number of anilines is 1. The zero-order valence-corrected chi connectivity index (χ0v) is 15.0. The van der Waals surface area contributed by atoms with Crippen molar-refractivity contribution >= 4 is 5.69 Å². The first kappa shape index (κ1) is 16.6. The van der Waals surface area contributed by atoms with Crippen LogP contribution in [0.25, 0.3) is 0 Å². The second-order valence-electron chi connectivity index (χ2n) is 6.89. The van der Waals surface area contributed by atoms with E-state index in [1.165, 1.54) is 41.6 Å². The summed E-state index contributed by atoms with van der Waals surface area (Å²) in [7, 11) is 0. The van der Waals surface area contributed by atoms with Crippen LogP contribution in [0.5, 0.6) is 0 Å². The van der Waals surface area contributed by atoms with E-state index in [-0.39, 0.29) is 6.04 Å². The van der Waals surface area contributed by atoms with Gasteiger partial charge in [-0.25, -0.2) is 0 Å². The lowest BCUT2D eigenvalue weighted by atomic mass is 9.99. The van der Waals surface area contributed by atoms with Crippen LogP contribution < -0.4 is 10.4 Å². The van der Waals surface area contributed by atoms with Crippen molar-refractivity contribution in [2.75, 3.05) is 5.01 Å². The fourth-order valence-electron chi connectivity index (χ4n) is 3.16. The van der Waals surface area contributed by atoms with Gasteiger partial charge in [0.05, 0.1) is 11.7 Å². The van der Waals surface area contributed by atoms with E-state index in [9.17, 15) is 0 Å². The molecule has 1 unspecified atom stereocenters. The molecular formula is C22H28N2. The first-order valence-electron chi connectivity index (χ1n) is 9.10. The predicted molar refractivity (Wildman–Crippen MR) is 103 cm³/mol. The van der Waals surface area contributed by atoms with Crippen LogP contribution in [0.15, 0.2) is 60.8 Å². The molecule has 0 amide bonds. The molecule has 1 aliphatic rings. The van der Waals surface area contributed by atoms with Crippen molar-refractivity contribution in [1.29, 1.82) is 0 Å². The lowest BCUT2D eigenvalue weighted by molar-refractivity contribution is 0.717. The quantitative estimate of drug-likeness (QED) is 0.731. The van der Waals surface area contributed by atoms with Gasteiger partial charge < -0.3 is 5.43 Å². The highest BCUT2D eigenvalue weighted by molar-refractivity contribution is 5.52. The van der Waals surface area contributed by atoms with Crippen LogP contribution in [0.2, 0.25) is 0 Å². The summed E-state index contributed by atoms with van der Waals surface area (Å²) in [4.78, 5) is 0. The highest BCUT2D eigenvalue weighted by Crippen LogP contribution is 2.30. The Bertz CT molecular complexity index is 668. The van der Waals surface area contributed by atoms with Gasteiger partial charge in [-0.1, -0.05) is 63.6 Å². The molecule has 2 nitrogen and oxygen atoms in total. The van der Waals surface area contributed by atoms with Gasteiger partial charge in [0, 0.05) is 6.20 Å². The Kier molecular flexibility index (Phi) is 5.24. The standard InChI is InChI=1S/C22H28N2/c1-4-5-6-18-7-13-21(14-8-18)24-22(15-16-23-24)20-11-9-19(10-12-20)17(2)3/h7-17,22-23H,4-6H2,1-3H3. The Morgan fingerprint density at radius 1 is 1.00 bits per heavy atom. The van der Waals surface area contributed by atoms with Crippen molar-refractivity contribution in [1.82, 2.24) is 5.43 Å². The number of nitrogens with one attached hydrogen (secondary N) is 1. The fourth-order valence-corrected chi connectivity index (χ4v) is 3.16. The minimum atomic E-state index is 0.243. The number of benzene rings is 2. The number of hydrogen-bond donors (Lipinski definition) is 1. The normalized spacial score (nSPS) is 16.7. The monoisotopic (exact) mass is 320 g/mol.